The Hall–Kier alpha value is -2.78. The fourth-order valence-corrected chi connectivity index (χ4v) is 5.06. The van der Waals surface area contributed by atoms with Crippen molar-refractivity contribution < 1.29 is 9.47 Å². The van der Waals surface area contributed by atoms with Gasteiger partial charge in [0.15, 0.2) is 0 Å². The van der Waals surface area contributed by atoms with Gasteiger partial charge < -0.3 is 9.47 Å². The molecule has 0 aliphatic rings. The van der Waals surface area contributed by atoms with Crippen molar-refractivity contribution >= 4 is 21.4 Å². The van der Waals surface area contributed by atoms with Crippen LogP contribution < -0.4 is 9.47 Å². The van der Waals surface area contributed by atoms with E-state index in [-0.39, 0.29) is 6.29 Å². The van der Waals surface area contributed by atoms with E-state index in [0.717, 1.165) is 43.6 Å². The van der Waals surface area contributed by atoms with E-state index in [1.54, 1.807) is 0 Å². The molecule has 1 heterocycles. The van der Waals surface area contributed by atoms with E-state index in [0.29, 0.717) is 0 Å². The van der Waals surface area contributed by atoms with Gasteiger partial charge in [0.1, 0.15) is 11.5 Å². The molecule has 1 aromatic heterocycles. The van der Waals surface area contributed by atoms with Gasteiger partial charge in [-0.3, -0.25) is 0 Å². The summed E-state index contributed by atoms with van der Waals surface area (Å²) in [6.45, 7) is 4.32. The first-order chi connectivity index (χ1) is 15.3. The van der Waals surface area contributed by atoms with E-state index in [1.807, 2.05) is 41.7 Å². The second-order valence-electron chi connectivity index (χ2n) is 7.80. The monoisotopic (exact) mass is 430 g/mol. The van der Waals surface area contributed by atoms with Gasteiger partial charge in [-0.05, 0) is 65.4 Å². The van der Waals surface area contributed by atoms with Crippen LogP contribution in [0.15, 0.2) is 78.2 Å². The van der Waals surface area contributed by atoms with Gasteiger partial charge in [0.2, 0.25) is 6.29 Å². The third kappa shape index (κ3) is 5.29. The molecule has 0 radical (unpaired) electrons. The van der Waals surface area contributed by atoms with Gasteiger partial charge in [-0.1, -0.05) is 68.8 Å². The normalized spacial score (nSPS) is 12.1. The molecule has 3 aromatic carbocycles. The summed E-state index contributed by atoms with van der Waals surface area (Å²) in [6, 6.07) is 25.0. The lowest BCUT2D eigenvalue weighted by Crippen LogP contribution is -2.23. The number of hydrogen-bond acceptors (Lipinski definition) is 3. The van der Waals surface area contributed by atoms with Crippen LogP contribution in [-0.4, -0.2) is 6.29 Å². The molecule has 4 rings (SSSR count). The standard InChI is InChI=1S/C28H30O2S/c1-3-11-25-26(30-27(4-2)29-23-14-9-6-10-15-23)19-18-24-22(20-31-28(24)25)17-16-21-12-7-5-8-13-21/h5-10,12-15,18-20,27H,3-4,11,16-17H2,1-2H3. The van der Waals surface area contributed by atoms with Gasteiger partial charge in [-0.25, -0.2) is 0 Å². The molecule has 0 aliphatic heterocycles. The molecule has 2 nitrogen and oxygen atoms in total. The first-order valence-corrected chi connectivity index (χ1v) is 12.1. The molecule has 0 amide bonds. The lowest BCUT2D eigenvalue weighted by Gasteiger charge is -2.21. The zero-order valence-corrected chi connectivity index (χ0v) is 19.2. The van der Waals surface area contributed by atoms with Crippen molar-refractivity contribution in [3.63, 3.8) is 0 Å². The number of hydrogen-bond donors (Lipinski definition) is 0. The molecular weight excluding hydrogens is 400 g/mol. The van der Waals surface area contributed by atoms with Gasteiger partial charge in [-0.15, -0.1) is 11.3 Å². The molecule has 0 fully saturated rings. The Morgan fingerprint density at radius 1 is 0.774 bits per heavy atom. The van der Waals surface area contributed by atoms with Gasteiger partial charge in [0, 0.05) is 16.7 Å². The minimum absolute atomic E-state index is 0.298. The topological polar surface area (TPSA) is 18.5 Å². The van der Waals surface area contributed by atoms with Crippen LogP contribution in [0.5, 0.6) is 11.5 Å². The smallest absolute Gasteiger partial charge is 0.240 e. The summed E-state index contributed by atoms with van der Waals surface area (Å²) in [5.41, 5.74) is 4.13. The van der Waals surface area contributed by atoms with Crippen molar-refractivity contribution in [2.45, 2.75) is 52.2 Å². The van der Waals surface area contributed by atoms with Crippen LogP contribution in [-0.2, 0) is 19.3 Å². The second-order valence-corrected chi connectivity index (χ2v) is 8.68. The molecule has 0 saturated heterocycles. The molecule has 31 heavy (non-hydrogen) atoms. The average molecular weight is 431 g/mol. The molecule has 0 spiro atoms. The van der Waals surface area contributed by atoms with E-state index in [9.17, 15) is 0 Å². The van der Waals surface area contributed by atoms with Crippen molar-refractivity contribution in [2.24, 2.45) is 0 Å². The zero-order chi connectivity index (χ0) is 21.5. The Kier molecular flexibility index (Phi) is 7.26. The summed E-state index contributed by atoms with van der Waals surface area (Å²) in [5.74, 6) is 1.79. The largest absolute Gasteiger partial charge is 0.455 e. The van der Waals surface area contributed by atoms with Gasteiger partial charge in [0.25, 0.3) is 0 Å². The van der Waals surface area contributed by atoms with E-state index >= 15 is 0 Å². The highest BCUT2D eigenvalue weighted by atomic mass is 32.1. The highest BCUT2D eigenvalue weighted by Gasteiger charge is 2.17. The number of thiophene rings is 1. The summed E-state index contributed by atoms with van der Waals surface area (Å²) < 4.78 is 13.8. The summed E-state index contributed by atoms with van der Waals surface area (Å²) in [6.07, 6.45) is 4.70. The Bertz CT molecular complexity index is 1090. The van der Waals surface area contributed by atoms with Crippen LogP contribution in [0.1, 0.15) is 43.4 Å². The van der Waals surface area contributed by atoms with Gasteiger partial charge in [-0.2, -0.15) is 0 Å². The fraction of sp³-hybridized carbons (Fsp3) is 0.286. The Balaban J connectivity index is 1.56. The Labute approximate surface area is 189 Å². The van der Waals surface area contributed by atoms with E-state index in [2.05, 4.69) is 61.7 Å². The number of fused-ring (bicyclic) bond motifs is 1. The number of rotatable bonds is 10. The quantitative estimate of drug-likeness (QED) is 0.239. The summed E-state index contributed by atoms with van der Waals surface area (Å²) >= 11 is 1.85. The molecule has 160 valence electrons. The maximum absolute atomic E-state index is 6.38. The van der Waals surface area contributed by atoms with E-state index < -0.39 is 0 Å². The predicted molar refractivity (Wildman–Crippen MR) is 131 cm³/mol. The summed E-state index contributed by atoms with van der Waals surface area (Å²) in [5, 5.41) is 3.70. The highest BCUT2D eigenvalue weighted by molar-refractivity contribution is 7.17. The second kappa shape index (κ2) is 10.5. The SMILES string of the molecule is CCCc1c(OC(CC)Oc2ccccc2)ccc2c(CCc3ccccc3)csc12. The summed E-state index contributed by atoms with van der Waals surface area (Å²) in [7, 11) is 0. The van der Waals surface area contributed by atoms with E-state index in [4.69, 9.17) is 9.47 Å². The first kappa shape index (κ1) is 21.5. The first-order valence-electron chi connectivity index (χ1n) is 11.2. The predicted octanol–water partition coefficient (Wildman–Crippen LogP) is 7.83. The lowest BCUT2D eigenvalue weighted by molar-refractivity contribution is 0.00274. The van der Waals surface area contributed by atoms with Crippen LogP contribution in [0.2, 0.25) is 0 Å². The number of aryl methyl sites for hydroxylation is 3. The van der Waals surface area contributed by atoms with Gasteiger partial charge in [0.05, 0.1) is 0 Å². The summed E-state index contributed by atoms with van der Waals surface area (Å²) in [4.78, 5) is 0. The minimum Gasteiger partial charge on any atom is -0.455 e. The van der Waals surface area contributed by atoms with Crippen LogP contribution in [0, 0.1) is 0 Å². The highest BCUT2D eigenvalue weighted by Crippen LogP contribution is 2.37. The average Bonchev–Trinajstić information content (AvgIpc) is 3.23. The number of para-hydroxylation sites is 1. The van der Waals surface area contributed by atoms with Crippen LogP contribution in [0.3, 0.4) is 0 Å². The van der Waals surface area contributed by atoms with Crippen molar-refractivity contribution in [3.05, 3.63) is 94.9 Å². The third-order valence-electron chi connectivity index (χ3n) is 5.51. The maximum atomic E-state index is 6.38. The number of ether oxygens (including phenoxy) is 2. The van der Waals surface area contributed by atoms with E-state index in [1.165, 1.54) is 26.8 Å². The molecule has 1 unspecified atom stereocenters. The molecule has 4 aromatic rings. The van der Waals surface area contributed by atoms with Crippen molar-refractivity contribution in [3.8, 4) is 11.5 Å². The molecule has 0 N–H and O–H groups in total. The number of benzene rings is 3. The van der Waals surface area contributed by atoms with Crippen LogP contribution >= 0.6 is 11.3 Å². The molecule has 3 heteroatoms. The third-order valence-corrected chi connectivity index (χ3v) is 6.62. The van der Waals surface area contributed by atoms with Crippen molar-refractivity contribution in [2.75, 3.05) is 0 Å². The molecule has 0 saturated carbocycles. The van der Waals surface area contributed by atoms with Crippen LogP contribution in [0.4, 0.5) is 0 Å². The van der Waals surface area contributed by atoms with Crippen LogP contribution in [0.25, 0.3) is 10.1 Å². The van der Waals surface area contributed by atoms with Crippen molar-refractivity contribution in [1.82, 2.24) is 0 Å². The zero-order valence-electron chi connectivity index (χ0n) is 18.3. The maximum Gasteiger partial charge on any atom is 0.240 e. The molecule has 0 aliphatic carbocycles. The van der Waals surface area contributed by atoms with Gasteiger partial charge >= 0.3 is 0 Å². The molecular formula is C28H30O2S. The van der Waals surface area contributed by atoms with Crippen molar-refractivity contribution in [1.29, 1.82) is 0 Å². The fourth-order valence-electron chi connectivity index (χ4n) is 3.89. The molecule has 1 atom stereocenters. The Morgan fingerprint density at radius 2 is 1.52 bits per heavy atom. The lowest BCUT2D eigenvalue weighted by atomic mass is 10.0. The minimum atomic E-state index is -0.298. The molecule has 0 bridgehead atoms. The Morgan fingerprint density at radius 3 is 2.23 bits per heavy atom.